The van der Waals surface area contributed by atoms with Crippen LogP contribution in [0, 0.1) is 17.0 Å². The fourth-order valence-corrected chi connectivity index (χ4v) is 2.88. The lowest BCUT2D eigenvalue weighted by atomic mass is 10.1. The minimum atomic E-state index is -0.529. The predicted molar refractivity (Wildman–Crippen MR) is 91.5 cm³/mol. The minimum Gasteiger partial charge on any atom is -0.357 e. The number of rotatable bonds is 4. The SMILES string of the molecule is Cc1cccc(C(=O)Nc2ccc(N3CCCC3)nc2)c1[N+](=O)[O-]. The van der Waals surface area contributed by atoms with E-state index in [-0.39, 0.29) is 11.3 Å². The van der Waals surface area contributed by atoms with Crippen molar-refractivity contribution in [3.8, 4) is 0 Å². The smallest absolute Gasteiger partial charge is 0.285 e. The standard InChI is InChI=1S/C17H18N4O3/c1-12-5-4-6-14(16(12)21(23)24)17(22)19-13-7-8-15(18-11-13)20-9-2-3-10-20/h4-8,11H,2-3,9-10H2,1H3,(H,19,22). The molecule has 0 aliphatic carbocycles. The Hall–Kier alpha value is -2.96. The van der Waals surface area contributed by atoms with Gasteiger partial charge in [0.2, 0.25) is 0 Å². The maximum Gasteiger partial charge on any atom is 0.285 e. The van der Waals surface area contributed by atoms with Crippen LogP contribution < -0.4 is 10.2 Å². The van der Waals surface area contributed by atoms with Crippen molar-refractivity contribution in [3.63, 3.8) is 0 Å². The predicted octanol–water partition coefficient (Wildman–Crippen LogP) is 3.15. The molecule has 3 rings (SSSR count). The molecule has 0 saturated carbocycles. The van der Waals surface area contributed by atoms with Gasteiger partial charge in [0.15, 0.2) is 0 Å². The Morgan fingerprint density at radius 3 is 2.62 bits per heavy atom. The molecule has 1 amide bonds. The first kappa shape index (κ1) is 15.9. The number of nitrogens with one attached hydrogen (secondary N) is 1. The molecular formula is C17H18N4O3. The zero-order valence-corrected chi connectivity index (χ0v) is 13.4. The number of carbonyl (C=O) groups is 1. The molecule has 24 heavy (non-hydrogen) atoms. The summed E-state index contributed by atoms with van der Waals surface area (Å²) in [4.78, 5) is 29.6. The molecule has 0 unspecified atom stereocenters. The Kier molecular flexibility index (Phi) is 4.41. The number of anilines is 2. The van der Waals surface area contributed by atoms with Crippen molar-refractivity contribution in [1.29, 1.82) is 0 Å². The highest BCUT2D eigenvalue weighted by atomic mass is 16.6. The molecule has 0 bridgehead atoms. The van der Waals surface area contributed by atoms with Gasteiger partial charge in [-0.05, 0) is 38.0 Å². The second-order valence-electron chi connectivity index (χ2n) is 5.78. The van der Waals surface area contributed by atoms with E-state index in [0.29, 0.717) is 11.3 Å². The Labute approximate surface area is 139 Å². The van der Waals surface area contributed by atoms with Crippen molar-refractivity contribution < 1.29 is 9.72 Å². The number of hydrogen-bond acceptors (Lipinski definition) is 5. The zero-order valence-electron chi connectivity index (χ0n) is 13.4. The number of amides is 1. The molecule has 0 radical (unpaired) electrons. The number of aryl methyl sites for hydroxylation is 1. The Bertz CT molecular complexity index is 768. The molecule has 1 aromatic carbocycles. The van der Waals surface area contributed by atoms with E-state index in [2.05, 4.69) is 15.2 Å². The van der Waals surface area contributed by atoms with Crippen molar-refractivity contribution >= 4 is 23.1 Å². The van der Waals surface area contributed by atoms with Gasteiger partial charge in [0, 0.05) is 18.7 Å². The van der Waals surface area contributed by atoms with Crippen molar-refractivity contribution in [2.75, 3.05) is 23.3 Å². The van der Waals surface area contributed by atoms with E-state index in [1.165, 1.54) is 6.07 Å². The molecule has 2 aromatic rings. The second kappa shape index (κ2) is 6.66. The lowest BCUT2D eigenvalue weighted by Gasteiger charge is -2.16. The molecule has 1 fully saturated rings. The van der Waals surface area contributed by atoms with Gasteiger partial charge in [-0.15, -0.1) is 0 Å². The van der Waals surface area contributed by atoms with Crippen molar-refractivity contribution in [3.05, 3.63) is 57.8 Å². The van der Waals surface area contributed by atoms with Crippen LogP contribution >= 0.6 is 0 Å². The number of nitro benzene ring substituents is 1. The van der Waals surface area contributed by atoms with Gasteiger partial charge in [-0.3, -0.25) is 14.9 Å². The summed E-state index contributed by atoms with van der Waals surface area (Å²) in [6.45, 7) is 3.60. The summed E-state index contributed by atoms with van der Waals surface area (Å²) < 4.78 is 0. The van der Waals surface area contributed by atoms with Crippen LogP contribution in [-0.2, 0) is 0 Å². The molecule has 1 aliphatic rings. The number of benzene rings is 1. The average molecular weight is 326 g/mol. The first-order valence-electron chi connectivity index (χ1n) is 7.82. The molecule has 1 N–H and O–H groups in total. The second-order valence-corrected chi connectivity index (χ2v) is 5.78. The van der Waals surface area contributed by atoms with Crippen LogP contribution in [0.15, 0.2) is 36.5 Å². The van der Waals surface area contributed by atoms with Crippen molar-refractivity contribution in [1.82, 2.24) is 4.98 Å². The van der Waals surface area contributed by atoms with Gasteiger partial charge >= 0.3 is 0 Å². The van der Waals surface area contributed by atoms with Crippen LogP contribution in [0.2, 0.25) is 0 Å². The number of carbonyl (C=O) groups excluding carboxylic acids is 1. The van der Waals surface area contributed by atoms with Crippen molar-refractivity contribution in [2.24, 2.45) is 0 Å². The highest BCUT2D eigenvalue weighted by molar-refractivity contribution is 6.07. The number of aromatic nitrogens is 1. The fraction of sp³-hybridized carbons (Fsp3) is 0.294. The van der Waals surface area contributed by atoms with E-state index in [4.69, 9.17) is 0 Å². The van der Waals surface area contributed by atoms with Crippen LogP contribution in [0.4, 0.5) is 17.2 Å². The van der Waals surface area contributed by atoms with E-state index in [1.54, 1.807) is 31.3 Å². The molecule has 1 saturated heterocycles. The monoisotopic (exact) mass is 326 g/mol. The third kappa shape index (κ3) is 3.19. The minimum absolute atomic E-state index is 0.0450. The Morgan fingerprint density at radius 2 is 2.00 bits per heavy atom. The molecule has 0 spiro atoms. The molecule has 7 heteroatoms. The van der Waals surface area contributed by atoms with Gasteiger partial charge < -0.3 is 10.2 Å². The van der Waals surface area contributed by atoms with E-state index >= 15 is 0 Å². The molecule has 7 nitrogen and oxygen atoms in total. The summed E-state index contributed by atoms with van der Waals surface area (Å²) in [5.41, 5.74) is 0.842. The highest BCUT2D eigenvalue weighted by Gasteiger charge is 2.22. The van der Waals surface area contributed by atoms with Crippen molar-refractivity contribution in [2.45, 2.75) is 19.8 Å². The fourth-order valence-electron chi connectivity index (χ4n) is 2.88. The van der Waals surface area contributed by atoms with Gasteiger partial charge in [-0.25, -0.2) is 4.98 Å². The van der Waals surface area contributed by atoms with Crippen LogP contribution in [-0.4, -0.2) is 28.9 Å². The number of pyridine rings is 1. The third-order valence-electron chi connectivity index (χ3n) is 4.10. The number of nitro groups is 1. The van der Waals surface area contributed by atoms with Gasteiger partial charge in [0.05, 0.1) is 16.8 Å². The van der Waals surface area contributed by atoms with Gasteiger partial charge in [-0.1, -0.05) is 12.1 Å². The Morgan fingerprint density at radius 1 is 1.25 bits per heavy atom. The lowest BCUT2D eigenvalue weighted by molar-refractivity contribution is -0.385. The summed E-state index contributed by atoms with van der Waals surface area (Å²) in [6, 6.07) is 8.31. The number of nitrogens with zero attached hydrogens (tertiary/aromatic N) is 3. The molecule has 2 heterocycles. The number of hydrogen-bond donors (Lipinski definition) is 1. The summed E-state index contributed by atoms with van der Waals surface area (Å²) in [7, 11) is 0. The summed E-state index contributed by atoms with van der Waals surface area (Å²) in [5.74, 6) is 0.369. The first-order chi connectivity index (χ1) is 11.6. The van der Waals surface area contributed by atoms with Crippen LogP contribution in [0.25, 0.3) is 0 Å². The van der Waals surface area contributed by atoms with E-state index < -0.39 is 10.8 Å². The average Bonchev–Trinajstić information content (AvgIpc) is 3.09. The van der Waals surface area contributed by atoms with Crippen LogP contribution in [0.1, 0.15) is 28.8 Å². The van der Waals surface area contributed by atoms with Gasteiger partial charge in [0.1, 0.15) is 11.4 Å². The Balaban J connectivity index is 1.78. The first-order valence-corrected chi connectivity index (χ1v) is 7.82. The third-order valence-corrected chi connectivity index (χ3v) is 4.10. The van der Waals surface area contributed by atoms with E-state index in [0.717, 1.165) is 31.7 Å². The summed E-state index contributed by atoms with van der Waals surface area (Å²) in [5, 5.41) is 13.9. The lowest BCUT2D eigenvalue weighted by Crippen LogP contribution is -2.19. The highest BCUT2D eigenvalue weighted by Crippen LogP contribution is 2.24. The molecular weight excluding hydrogens is 308 g/mol. The maximum atomic E-state index is 12.4. The molecule has 1 aliphatic heterocycles. The quantitative estimate of drug-likeness (QED) is 0.689. The zero-order chi connectivity index (χ0) is 17.1. The van der Waals surface area contributed by atoms with E-state index in [1.807, 2.05) is 6.07 Å². The van der Waals surface area contributed by atoms with Crippen LogP contribution in [0.5, 0.6) is 0 Å². The largest absolute Gasteiger partial charge is 0.357 e. The molecule has 124 valence electrons. The summed E-state index contributed by atoms with van der Waals surface area (Å²) in [6.07, 6.45) is 3.90. The summed E-state index contributed by atoms with van der Waals surface area (Å²) >= 11 is 0. The van der Waals surface area contributed by atoms with Gasteiger partial charge in [0.25, 0.3) is 11.6 Å². The topological polar surface area (TPSA) is 88.4 Å². The van der Waals surface area contributed by atoms with Gasteiger partial charge in [-0.2, -0.15) is 0 Å². The van der Waals surface area contributed by atoms with Crippen LogP contribution in [0.3, 0.4) is 0 Å². The number of para-hydroxylation sites is 1. The molecule has 0 atom stereocenters. The maximum absolute atomic E-state index is 12.4. The normalized spacial score (nSPS) is 13.8. The van der Waals surface area contributed by atoms with E-state index in [9.17, 15) is 14.9 Å². The molecule has 1 aromatic heterocycles.